The predicted molar refractivity (Wildman–Crippen MR) is 117 cm³/mol. The normalized spacial score (nSPS) is 17.0. The molecule has 1 unspecified atom stereocenters. The van der Waals surface area contributed by atoms with Crippen LogP contribution in [-0.4, -0.2) is 23.1 Å². The first-order valence-corrected chi connectivity index (χ1v) is 10.3. The van der Waals surface area contributed by atoms with Gasteiger partial charge in [-0.05, 0) is 30.9 Å². The quantitative estimate of drug-likeness (QED) is 0.599. The second-order valence-corrected chi connectivity index (χ2v) is 7.82. The van der Waals surface area contributed by atoms with E-state index in [1.165, 1.54) is 22.3 Å². The van der Waals surface area contributed by atoms with Crippen molar-refractivity contribution in [1.82, 2.24) is 15.4 Å². The van der Waals surface area contributed by atoms with Gasteiger partial charge in [0.2, 0.25) is 5.95 Å². The van der Waals surface area contributed by atoms with E-state index in [1.807, 2.05) is 0 Å². The third kappa shape index (κ3) is 3.76. The highest BCUT2D eigenvalue weighted by Crippen LogP contribution is 2.41. The van der Waals surface area contributed by atoms with Gasteiger partial charge in [0.1, 0.15) is 5.82 Å². The van der Waals surface area contributed by atoms with Gasteiger partial charge in [0.05, 0.1) is 11.6 Å². The highest BCUT2D eigenvalue weighted by atomic mass is 15.4. The Morgan fingerprint density at radius 3 is 2.79 bits per heavy atom. The van der Waals surface area contributed by atoms with Gasteiger partial charge in [-0.1, -0.05) is 60.2 Å². The van der Waals surface area contributed by atoms with Gasteiger partial charge in [0, 0.05) is 19.6 Å². The van der Waals surface area contributed by atoms with Crippen LogP contribution in [0.2, 0.25) is 0 Å². The number of hydrazine groups is 1. The first-order chi connectivity index (χ1) is 14.3. The first kappa shape index (κ1) is 17.9. The Morgan fingerprint density at radius 2 is 1.93 bits per heavy atom. The molecule has 1 aromatic heterocycles. The summed E-state index contributed by atoms with van der Waals surface area (Å²) < 4.78 is 0. The molecule has 148 valence electrons. The van der Waals surface area contributed by atoms with Crippen LogP contribution in [0.1, 0.15) is 34.7 Å². The van der Waals surface area contributed by atoms with Crippen LogP contribution < -0.4 is 21.1 Å². The minimum atomic E-state index is 0.286. The van der Waals surface area contributed by atoms with Crippen LogP contribution in [0.25, 0.3) is 0 Å². The average molecular weight is 387 g/mol. The fourth-order valence-corrected chi connectivity index (χ4v) is 4.17. The minimum Gasteiger partial charge on any atom is -0.354 e. The summed E-state index contributed by atoms with van der Waals surface area (Å²) in [5.41, 5.74) is 11.7. The lowest BCUT2D eigenvalue weighted by Crippen LogP contribution is -2.34. The van der Waals surface area contributed by atoms with E-state index in [9.17, 15) is 0 Å². The Kier molecular flexibility index (Phi) is 4.77. The van der Waals surface area contributed by atoms with E-state index >= 15 is 0 Å². The molecule has 29 heavy (non-hydrogen) atoms. The molecule has 3 aromatic rings. The predicted octanol–water partition coefficient (Wildman–Crippen LogP) is 3.82. The third-order valence-electron chi connectivity index (χ3n) is 5.62. The number of anilines is 3. The summed E-state index contributed by atoms with van der Waals surface area (Å²) in [4.78, 5) is 12.0. The van der Waals surface area contributed by atoms with Crippen LogP contribution in [-0.2, 0) is 13.0 Å². The van der Waals surface area contributed by atoms with Crippen molar-refractivity contribution < 1.29 is 0 Å². The molecule has 0 saturated carbocycles. The molecule has 0 radical (unpaired) electrons. The Labute approximate surface area is 171 Å². The minimum absolute atomic E-state index is 0.286. The highest BCUT2D eigenvalue weighted by molar-refractivity contribution is 5.67. The molecule has 0 saturated heterocycles. The summed E-state index contributed by atoms with van der Waals surface area (Å²) in [7, 11) is 0. The largest absolute Gasteiger partial charge is 0.354 e. The fraction of sp³-hybridized carbons (Fsp3) is 0.304. The van der Waals surface area contributed by atoms with Crippen molar-refractivity contribution in [3.8, 4) is 0 Å². The van der Waals surface area contributed by atoms with Gasteiger partial charge < -0.3 is 15.6 Å². The average Bonchev–Trinajstić information content (AvgIpc) is 3.15. The van der Waals surface area contributed by atoms with E-state index in [2.05, 4.69) is 82.6 Å². The molecular weight excluding hydrogens is 360 g/mol. The maximum absolute atomic E-state index is 4.91. The molecule has 3 heterocycles. The van der Waals surface area contributed by atoms with E-state index in [-0.39, 0.29) is 6.04 Å². The molecule has 1 atom stereocenters. The van der Waals surface area contributed by atoms with Gasteiger partial charge in [0.15, 0.2) is 5.82 Å². The maximum Gasteiger partial charge on any atom is 0.226 e. The van der Waals surface area contributed by atoms with E-state index in [0.29, 0.717) is 5.95 Å². The van der Waals surface area contributed by atoms with Crippen molar-refractivity contribution in [2.45, 2.75) is 32.4 Å². The summed E-state index contributed by atoms with van der Waals surface area (Å²) in [6, 6.07) is 19.5. The molecule has 2 aliphatic rings. The van der Waals surface area contributed by atoms with Crippen LogP contribution in [0.3, 0.4) is 0 Å². The number of rotatable bonds is 6. The molecular formula is C23H26N6. The highest BCUT2D eigenvalue weighted by Gasteiger charge is 2.34. The molecule has 0 aliphatic carbocycles. The summed E-state index contributed by atoms with van der Waals surface area (Å²) in [5.74, 6) is 2.61. The van der Waals surface area contributed by atoms with Gasteiger partial charge in [-0.3, -0.25) is 0 Å². The van der Waals surface area contributed by atoms with Gasteiger partial charge in [-0.25, -0.2) is 5.43 Å². The van der Waals surface area contributed by atoms with Gasteiger partial charge in [0.25, 0.3) is 0 Å². The van der Waals surface area contributed by atoms with Crippen LogP contribution in [0.15, 0.2) is 54.6 Å². The van der Waals surface area contributed by atoms with Crippen molar-refractivity contribution in [3.05, 3.63) is 76.9 Å². The zero-order valence-corrected chi connectivity index (χ0v) is 16.7. The van der Waals surface area contributed by atoms with E-state index in [4.69, 9.17) is 9.97 Å². The molecule has 6 heteroatoms. The van der Waals surface area contributed by atoms with Crippen molar-refractivity contribution in [2.24, 2.45) is 0 Å². The third-order valence-corrected chi connectivity index (χ3v) is 5.62. The summed E-state index contributed by atoms with van der Waals surface area (Å²) in [6.45, 7) is 4.76. The number of hydrogen-bond donors (Lipinski definition) is 3. The zero-order valence-electron chi connectivity index (χ0n) is 16.7. The lowest BCUT2D eigenvalue weighted by atomic mass is 10.0. The van der Waals surface area contributed by atoms with Crippen LogP contribution in [0.4, 0.5) is 17.6 Å². The summed E-state index contributed by atoms with van der Waals surface area (Å²) >= 11 is 0. The number of aromatic nitrogens is 2. The first-order valence-electron chi connectivity index (χ1n) is 10.3. The topological polar surface area (TPSA) is 65.1 Å². The number of benzene rings is 2. The van der Waals surface area contributed by atoms with E-state index < -0.39 is 0 Å². The van der Waals surface area contributed by atoms with E-state index in [1.54, 1.807) is 0 Å². The number of nitrogens with zero attached hydrogens (tertiary/aromatic N) is 3. The standard InChI is InChI=1S/C23H26N6/c1-16-6-5-9-17(14-16)10-12-24-23-25-21-20-19(27-28-21)11-13-29(22(20)26-23)15-18-7-3-2-4-8-18/h2-9,14,19,27H,10-13,15H2,1H3,(H2,24,25,26,28). The molecule has 0 fully saturated rings. The van der Waals surface area contributed by atoms with Crippen LogP contribution in [0, 0.1) is 6.92 Å². The Hall–Kier alpha value is -3.12. The molecule has 0 spiro atoms. The summed E-state index contributed by atoms with van der Waals surface area (Å²) in [5, 5.41) is 3.42. The zero-order chi connectivity index (χ0) is 19.6. The fourth-order valence-electron chi connectivity index (χ4n) is 4.17. The maximum atomic E-state index is 4.91. The van der Waals surface area contributed by atoms with Crippen molar-refractivity contribution in [2.75, 3.05) is 28.7 Å². The second-order valence-electron chi connectivity index (χ2n) is 7.82. The number of aryl methyl sites for hydroxylation is 1. The molecule has 5 rings (SSSR count). The number of hydrogen-bond acceptors (Lipinski definition) is 6. The van der Waals surface area contributed by atoms with Crippen LogP contribution >= 0.6 is 0 Å². The number of nitrogens with one attached hydrogen (secondary N) is 3. The van der Waals surface area contributed by atoms with Gasteiger partial charge in [-0.15, -0.1) is 0 Å². The lowest BCUT2D eigenvalue weighted by molar-refractivity contribution is 0.534. The molecule has 0 bridgehead atoms. The van der Waals surface area contributed by atoms with Crippen molar-refractivity contribution in [1.29, 1.82) is 0 Å². The van der Waals surface area contributed by atoms with Crippen LogP contribution in [0.5, 0.6) is 0 Å². The second kappa shape index (κ2) is 7.72. The van der Waals surface area contributed by atoms with Crippen molar-refractivity contribution >= 4 is 17.6 Å². The molecule has 0 amide bonds. The lowest BCUT2D eigenvalue weighted by Gasteiger charge is -2.32. The summed E-state index contributed by atoms with van der Waals surface area (Å²) in [6.07, 6.45) is 1.99. The van der Waals surface area contributed by atoms with E-state index in [0.717, 1.165) is 44.1 Å². The Bertz CT molecular complexity index is 1000. The smallest absolute Gasteiger partial charge is 0.226 e. The molecule has 3 N–H and O–H groups in total. The molecule has 2 aromatic carbocycles. The monoisotopic (exact) mass is 386 g/mol. The van der Waals surface area contributed by atoms with Gasteiger partial charge >= 0.3 is 0 Å². The molecule has 6 nitrogen and oxygen atoms in total. The SMILES string of the molecule is Cc1cccc(CCNc2nc3c4c(n2)N(Cc2ccccc2)CCC4NN3)c1. The van der Waals surface area contributed by atoms with Gasteiger partial charge in [-0.2, -0.15) is 9.97 Å². The van der Waals surface area contributed by atoms with Crippen molar-refractivity contribution in [3.63, 3.8) is 0 Å². The Balaban J connectivity index is 1.35. The molecule has 2 aliphatic heterocycles. The Morgan fingerprint density at radius 1 is 1.07 bits per heavy atom.